The molecular formula is C13H20N4S. The Morgan fingerprint density at radius 1 is 1.39 bits per heavy atom. The number of imidazole rings is 1. The van der Waals surface area contributed by atoms with Gasteiger partial charge in [0.05, 0.1) is 17.2 Å². The fraction of sp³-hybridized carbons (Fsp3) is 0.538. The van der Waals surface area contributed by atoms with Crippen LogP contribution in [0, 0.1) is 13.8 Å². The molecule has 0 radical (unpaired) electrons. The van der Waals surface area contributed by atoms with Crippen LogP contribution >= 0.6 is 11.3 Å². The van der Waals surface area contributed by atoms with Crippen molar-refractivity contribution < 1.29 is 0 Å². The predicted octanol–water partition coefficient (Wildman–Crippen LogP) is 3.37. The summed E-state index contributed by atoms with van der Waals surface area (Å²) in [7, 11) is 0. The second kappa shape index (κ2) is 6.00. The third-order valence-electron chi connectivity index (χ3n) is 2.74. The van der Waals surface area contributed by atoms with Crippen LogP contribution in [-0.2, 0) is 13.1 Å². The summed E-state index contributed by atoms with van der Waals surface area (Å²) in [6.45, 7) is 8.09. The number of thiazole rings is 1. The number of nitrogens with zero attached hydrogens (tertiary/aromatic N) is 3. The van der Waals surface area contributed by atoms with E-state index in [1.54, 1.807) is 11.3 Å². The average molecular weight is 264 g/mol. The minimum atomic E-state index is 0.800. The fourth-order valence-electron chi connectivity index (χ4n) is 1.84. The second-order valence-electron chi connectivity index (χ2n) is 4.45. The van der Waals surface area contributed by atoms with Crippen molar-refractivity contribution in [3.05, 3.63) is 28.0 Å². The van der Waals surface area contributed by atoms with E-state index in [2.05, 4.69) is 33.0 Å². The molecule has 0 fully saturated rings. The van der Waals surface area contributed by atoms with Gasteiger partial charge in [-0.3, -0.25) is 0 Å². The molecule has 0 spiro atoms. The monoisotopic (exact) mass is 264 g/mol. The molecule has 5 heteroatoms. The standard InChI is InChI=1S/C13H20N4S/c1-4-5-6-17-9-10(2)16-13(17)15-8-12-7-14-11(3)18-12/h7,9H,4-6,8H2,1-3H3,(H,15,16). The Labute approximate surface area is 112 Å². The number of hydrogen-bond donors (Lipinski definition) is 1. The molecule has 98 valence electrons. The van der Waals surface area contributed by atoms with E-state index in [4.69, 9.17) is 0 Å². The molecule has 0 aliphatic carbocycles. The Balaban J connectivity index is 1.99. The van der Waals surface area contributed by atoms with E-state index >= 15 is 0 Å². The number of unbranched alkanes of at least 4 members (excludes halogenated alkanes) is 1. The van der Waals surface area contributed by atoms with Crippen molar-refractivity contribution in [2.75, 3.05) is 5.32 Å². The van der Waals surface area contributed by atoms with Gasteiger partial charge in [-0.05, 0) is 20.3 Å². The highest BCUT2D eigenvalue weighted by molar-refractivity contribution is 7.11. The Morgan fingerprint density at radius 3 is 2.89 bits per heavy atom. The molecule has 2 heterocycles. The van der Waals surface area contributed by atoms with Crippen LogP contribution in [0.1, 0.15) is 35.3 Å². The van der Waals surface area contributed by atoms with Crippen LogP contribution in [0.4, 0.5) is 5.95 Å². The van der Waals surface area contributed by atoms with Crippen molar-refractivity contribution in [3.8, 4) is 0 Å². The lowest BCUT2D eigenvalue weighted by Gasteiger charge is -2.07. The van der Waals surface area contributed by atoms with Gasteiger partial charge in [0.2, 0.25) is 5.95 Å². The summed E-state index contributed by atoms with van der Waals surface area (Å²) in [6.07, 6.45) is 6.42. The van der Waals surface area contributed by atoms with Gasteiger partial charge in [-0.2, -0.15) is 0 Å². The average Bonchev–Trinajstić information content (AvgIpc) is 2.90. The van der Waals surface area contributed by atoms with Gasteiger partial charge in [-0.25, -0.2) is 9.97 Å². The lowest BCUT2D eigenvalue weighted by molar-refractivity contribution is 0.635. The van der Waals surface area contributed by atoms with Gasteiger partial charge in [0.15, 0.2) is 0 Å². The Morgan fingerprint density at radius 2 is 2.22 bits per heavy atom. The van der Waals surface area contributed by atoms with Crippen molar-refractivity contribution >= 4 is 17.3 Å². The molecule has 1 N–H and O–H groups in total. The third-order valence-corrected chi connectivity index (χ3v) is 3.65. The van der Waals surface area contributed by atoms with Crippen molar-refractivity contribution in [1.29, 1.82) is 0 Å². The highest BCUT2D eigenvalue weighted by Gasteiger charge is 2.05. The number of anilines is 1. The van der Waals surface area contributed by atoms with Gasteiger partial charge in [-0.15, -0.1) is 11.3 Å². The molecule has 18 heavy (non-hydrogen) atoms. The van der Waals surface area contributed by atoms with Crippen LogP contribution < -0.4 is 5.32 Å². The summed E-state index contributed by atoms with van der Waals surface area (Å²) in [5.41, 5.74) is 1.06. The van der Waals surface area contributed by atoms with Crippen LogP contribution in [0.3, 0.4) is 0 Å². The number of aromatic nitrogens is 3. The lowest BCUT2D eigenvalue weighted by Crippen LogP contribution is -2.06. The molecule has 2 aromatic heterocycles. The zero-order chi connectivity index (χ0) is 13.0. The van der Waals surface area contributed by atoms with E-state index in [0.29, 0.717) is 0 Å². The smallest absolute Gasteiger partial charge is 0.203 e. The molecule has 2 rings (SSSR count). The van der Waals surface area contributed by atoms with Crippen LogP contribution in [0.25, 0.3) is 0 Å². The van der Waals surface area contributed by atoms with Crippen LogP contribution in [0.5, 0.6) is 0 Å². The molecule has 0 bridgehead atoms. The maximum atomic E-state index is 4.52. The first-order valence-corrected chi connectivity index (χ1v) is 7.19. The second-order valence-corrected chi connectivity index (χ2v) is 5.77. The Bertz CT molecular complexity index is 501. The molecular weight excluding hydrogens is 244 g/mol. The van der Waals surface area contributed by atoms with E-state index in [0.717, 1.165) is 29.7 Å². The summed E-state index contributed by atoms with van der Waals surface area (Å²) in [5.74, 6) is 0.965. The molecule has 0 aromatic carbocycles. The zero-order valence-electron chi connectivity index (χ0n) is 11.2. The largest absolute Gasteiger partial charge is 0.351 e. The van der Waals surface area contributed by atoms with Gasteiger partial charge >= 0.3 is 0 Å². The molecule has 0 aliphatic heterocycles. The minimum Gasteiger partial charge on any atom is -0.351 e. The first-order chi connectivity index (χ1) is 8.69. The SMILES string of the molecule is CCCCn1cc(C)nc1NCc1cnc(C)s1. The van der Waals surface area contributed by atoms with Gasteiger partial charge in [-0.1, -0.05) is 13.3 Å². The molecule has 2 aromatic rings. The molecule has 0 unspecified atom stereocenters. The summed E-state index contributed by atoms with van der Waals surface area (Å²) in [6, 6.07) is 0. The fourth-order valence-corrected chi connectivity index (χ4v) is 2.57. The summed E-state index contributed by atoms with van der Waals surface area (Å²) < 4.78 is 2.20. The highest BCUT2D eigenvalue weighted by Crippen LogP contribution is 2.15. The van der Waals surface area contributed by atoms with Crippen LogP contribution in [0.15, 0.2) is 12.4 Å². The number of rotatable bonds is 6. The normalized spacial score (nSPS) is 10.8. The van der Waals surface area contributed by atoms with Gasteiger partial charge in [0.1, 0.15) is 0 Å². The van der Waals surface area contributed by atoms with Gasteiger partial charge < -0.3 is 9.88 Å². The number of nitrogens with one attached hydrogen (secondary N) is 1. The van der Waals surface area contributed by atoms with Crippen molar-refractivity contribution in [3.63, 3.8) is 0 Å². The summed E-state index contributed by atoms with van der Waals surface area (Å²) in [4.78, 5) is 10.0. The van der Waals surface area contributed by atoms with Crippen molar-refractivity contribution in [2.45, 2.75) is 46.7 Å². The van der Waals surface area contributed by atoms with E-state index in [-0.39, 0.29) is 0 Å². The van der Waals surface area contributed by atoms with E-state index in [9.17, 15) is 0 Å². The van der Waals surface area contributed by atoms with Crippen molar-refractivity contribution in [2.24, 2.45) is 0 Å². The van der Waals surface area contributed by atoms with Crippen molar-refractivity contribution in [1.82, 2.24) is 14.5 Å². The van der Waals surface area contributed by atoms with E-state index in [1.807, 2.05) is 20.0 Å². The Hall–Kier alpha value is -1.36. The molecule has 0 saturated heterocycles. The molecule has 0 amide bonds. The van der Waals surface area contributed by atoms with Crippen LogP contribution in [-0.4, -0.2) is 14.5 Å². The molecule has 0 saturated carbocycles. The predicted molar refractivity (Wildman–Crippen MR) is 76.0 cm³/mol. The maximum Gasteiger partial charge on any atom is 0.203 e. The molecule has 4 nitrogen and oxygen atoms in total. The number of hydrogen-bond acceptors (Lipinski definition) is 4. The molecule has 0 aliphatic rings. The lowest BCUT2D eigenvalue weighted by atomic mass is 10.3. The minimum absolute atomic E-state index is 0.800. The topological polar surface area (TPSA) is 42.7 Å². The third kappa shape index (κ3) is 3.32. The first kappa shape index (κ1) is 13.1. The maximum absolute atomic E-state index is 4.52. The van der Waals surface area contributed by atoms with E-state index < -0.39 is 0 Å². The highest BCUT2D eigenvalue weighted by atomic mass is 32.1. The van der Waals surface area contributed by atoms with E-state index in [1.165, 1.54) is 17.7 Å². The quantitative estimate of drug-likeness (QED) is 0.870. The number of aryl methyl sites for hydroxylation is 3. The Kier molecular flexibility index (Phi) is 4.36. The van der Waals surface area contributed by atoms with Crippen LogP contribution in [0.2, 0.25) is 0 Å². The zero-order valence-corrected chi connectivity index (χ0v) is 12.0. The first-order valence-electron chi connectivity index (χ1n) is 6.38. The summed E-state index contributed by atoms with van der Waals surface area (Å²) in [5, 5.41) is 4.50. The van der Waals surface area contributed by atoms with Gasteiger partial charge in [0, 0.05) is 23.8 Å². The summed E-state index contributed by atoms with van der Waals surface area (Å²) >= 11 is 1.73. The van der Waals surface area contributed by atoms with Gasteiger partial charge in [0.25, 0.3) is 0 Å². The molecule has 0 atom stereocenters.